The molecule has 0 spiro atoms. The van der Waals surface area contributed by atoms with E-state index < -0.39 is 5.54 Å². The molecule has 4 aromatic carbocycles. The summed E-state index contributed by atoms with van der Waals surface area (Å²) in [6.07, 6.45) is 4.96. The Bertz CT molecular complexity index is 2250. The Morgan fingerprint density at radius 3 is 2.02 bits per heavy atom. The molecule has 0 unspecified atom stereocenters. The average Bonchev–Trinajstić information content (AvgIpc) is 3.90. The van der Waals surface area contributed by atoms with Crippen LogP contribution in [0.1, 0.15) is 47.8 Å². The Labute approximate surface area is 299 Å². The highest BCUT2D eigenvalue weighted by molar-refractivity contribution is 7.19. The summed E-state index contributed by atoms with van der Waals surface area (Å²) in [5.41, 5.74) is 7.29. The molecule has 0 aliphatic carbocycles. The molecule has 7 nitrogen and oxygen atoms in total. The van der Waals surface area contributed by atoms with Gasteiger partial charge in [-0.15, -0.1) is 16.4 Å². The number of benzene rings is 4. The Morgan fingerprint density at radius 1 is 0.760 bits per heavy atom. The summed E-state index contributed by atoms with van der Waals surface area (Å²) in [7, 11) is 0. The molecule has 9 heteroatoms. The summed E-state index contributed by atoms with van der Waals surface area (Å²) in [6, 6.07) is 45.9. The van der Waals surface area contributed by atoms with Crippen LogP contribution in [0.15, 0.2) is 140 Å². The molecule has 8 aromatic rings. The Kier molecular flexibility index (Phi) is 8.79. The standard InChI is InChI=1S/C41H34ClN7S/c1-2-3-21-37-44-35-20-13-26-43-39(35)48(37)28-29-22-24-30(25-23-29)34-27-36(42)50-38(34)40-45-46-47-49(40)41(31-14-7-4-8-15-31,32-16-9-5-10-17-32)33-18-11-6-12-19-33/h4-20,22-27H,2-3,21,28H2,1H3. The van der Waals surface area contributed by atoms with Crippen molar-refractivity contribution in [3.8, 4) is 21.8 Å². The van der Waals surface area contributed by atoms with Crippen LogP contribution in [0, 0.1) is 0 Å². The second-order valence-corrected chi connectivity index (χ2v) is 14.0. The van der Waals surface area contributed by atoms with Gasteiger partial charge in [-0.1, -0.05) is 140 Å². The maximum absolute atomic E-state index is 6.81. The maximum Gasteiger partial charge on any atom is 0.194 e. The average molecular weight is 692 g/mol. The fourth-order valence-corrected chi connectivity index (χ4v) is 8.09. The second kappa shape index (κ2) is 13.8. The number of rotatable bonds is 11. The number of aromatic nitrogens is 7. The van der Waals surface area contributed by atoms with Gasteiger partial charge in [0.25, 0.3) is 0 Å². The molecule has 0 saturated carbocycles. The van der Waals surface area contributed by atoms with Gasteiger partial charge < -0.3 is 4.57 Å². The fraction of sp³-hybridized carbons (Fsp3) is 0.146. The van der Waals surface area contributed by atoms with Gasteiger partial charge in [0.2, 0.25) is 0 Å². The van der Waals surface area contributed by atoms with Crippen LogP contribution in [-0.2, 0) is 18.5 Å². The Hall–Kier alpha value is -5.44. The molecule has 0 aliphatic heterocycles. The van der Waals surface area contributed by atoms with E-state index in [9.17, 15) is 0 Å². The van der Waals surface area contributed by atoms with Gasteiger partial charge in [-0.3, -0.25) is 0 Å². The number of hydrogen-bond donors (Lipinski definition) is 0. The van der Waals surface area contributed by atoms with Crippen molar-refractivity contribution in [3.05, 3.63) is 172 Å². The molecule has 246 valence electrons. The van der Waals surface area contributed by atoms with Crippen LogP contribution in [-0.4, -0.2) is 34.7 Å². The minimum atomic E-state index is -0.864. The minimum Gasteiger partial charge on any atom is -0.308 e. The van der Waals surface area contributed by atoms with Crippen LogP contribution in [0.4, 0.5) is 0 Å². The van der Waals surface area contributed by atoms with Crippen molar-refractivity contribution in [2.24, 2.45) is 0 Å². The quantitative estimate of drug-likeness (QED) is 0.126. The molecular formula is C41H34ClN7S. The molecule has 0 radical (unpaired) electrons. The van der Waals surface area contributed by atoms with Crippen LogP contribution in [0.5, 0.6) is 0 Å². The lowest BCUT2D eigenvalue weighted by Gasteiger charge is -2.36. The van der Waals surface area contributed by atoms with Gasteiger partial charge in [-0.2, -0.15) is 0 Å². The molecule has 0 atom stereocenters. The van der Waals surface area contributed by atoms with Gasteiger partial charge in [0.15, 0.2) is 11.5 Å². The van der Waals surface area contributed by atoms with Crippen LogP contribution in [0.2, 0.25) is 4.34 Å². The third kappa shape index (κ3) is 5.70. The number of halogens is 1. The van der Waals surface area contributed by atoms with E-state index in [4.69, 9.17) is 26.9 Å². The van der Waals surface area contributed by atoms with Crippen LogP contribution < -0.4 is 0 Å². The monoisotopic (exact) mass is 691 g/mol. The number of fused-ring (bicyclic) bond motifs is 1. The van der Waals surface area contributed by atoms with E-state index in [2.05, 4.69) is 119 Å². The van der Waals surface area contributed by atoms with Gasteiger partial charge >= 0.3 is 0 Å². The van der Waals surface area contributed by atoms with Crippen molar-refractivity contribution >= 4 is 34.1 Å². The van der Waals surface area contributed by atoms with Gasteiger partial charge in [0, 0.05) is 18.2 Å². The maximum atomic E-state index is 6.81. The number of unbranched alkanes of at least 4 members (excludes halogenated alkanes) is 1. The summed E-state index contributed by atoms with van der Waals surface area (Å²) in [5.74, 6) is 1.70. The summed E-state index contributed by atoms with van der Waals surface area (Å²) in [4.78, 5) is 10.5. The number of pyridine rings is 1. The summed E-state index contributed by atoms with van der Waals surface area (Å²) in [6.45, 7) is 2.90. The zero-order valence-electron chi connectivity index (χ0n) is 27.5. The molecule has 4 aromatic heterocycles. The van der Waals surface area contributed by atoms with E-state index in [1.165, 1.54) is 16.9 Å². The van der Waals surface area contributed by atoms with E-state index in [1.54, 1.807) is 0 Å². The van der Waals surface area contributed by atoms with Crippen molar-refractivity contribution in [2.45, 2.75) is 38.3 Å². The minimum absolute atomic E-state index is 0.633. The van der Waals surface area contributed by atoms with Gasteiger partial charge in [-0.05, 0) is 62.9 Å². The van der Waals surface area contributed by atoms with Crippen molar-refractivity contribution in [1.82, 2.24) is 34.7 Å². The van der Waals surface area contributed by atoms with Crippen LogP contribution >= 0.6 is 22.9 Å². The van der Waals surface area contributed by atoms with E-state index in [-0.39, 0.29) is 0 Å². The summed E-state index contributed by atoms with van der Waals surface area (Å²) in [5, 5.41) is 13.8. The molecule has 0 aliphatic rings. The van der Waals surface area contributed by atoms with Crippen molar-refractivity contribution in [1.29, 1.82) is 0 Å². The number of imidazole rings is 1. The lowest BCUT2D eigenvalue weighted by Crippen LogP contribution is -2.39. The van der Waals surface area contributed by atoms with Gasteiger partial charge in [0.1, 0.15) is 16.9 Å². The molecular weight excluding hydrogens is 658 g/mol. The zero-order chi connectivity index (χ0) is 33.9. The molecule has 50 heavy (non-hydrogen) atoms. The number of hydrogen-bond acceptors (Lipinski definition) is 6. The number of tetrazole rings is 1. The molecule has 0 N–H and O–H groups in total. The Morgan fingerprint density at radius 2 is 1.40 bits per heavy atom. The summed E-state index contributed by atoms with van der Waals surface area (Å²) >= 11 is 8.30. The lowest BCUT2D eigenvalue weighted by atomic mass is 9.77. The smallest absolute Gasteiger partial charge is 0.194 e. The first-order valence-corrected chi connectivity index (χ1v) is 18.0. The van der Waals surface area contributed by atoms with E-state index >= 15 is 0 Å². The van der Waals surface area contributed by atoms with Crippen molar-refractivity contribution < 1.29 is 0 Å². The number of aryl methyl sites for hydroxylation is 1. The highest BCUT2D eigenvalue weighted by Gasteiger charge is 2.42. The second-order valence-electron chi connectivity index (χ2n) is 12.3. The molecule has 8 rings (SSSR count). The first kappa shape index (κ1) is 31.8. The van der Waals surface area contributed by atoms with Crippen molar-refractivity contribution in [3.63, 3.8) is 0 Å². The molecule has 0 amide bonds. The molecule has 0 bridgehead atoms. The lowest BCUT2D eigenvalue weighted by molar-refractivity contribution is 0.451. The number of nitrogens with zero attached hydrogens (tertiary/aromatic N) is 7. The third-order valence-corrected chi connectivity index (χ3v) is 10.5. The van der Waals surface area contributed by atoms with E-state index in [1.807, 2.05) is 47.3 Å². The largest absolute Gasteiger partial charge is 0.308 e. The topological polar surface area (TPSA) is 74.3 Å². The zero-order valence-corrected chi connectivity index (χ0v) is 29.1. The van der Waals surface area contributed by atoms with Gasteiger partial charge in [0.05, 0.1) is 15.8 Å². The fourth-order valence-electron chi connectivity index (χ4n) is 6.87. The summed E-state index contributed by atoms with van der Waals surface area (Å²) < 4.78 is 4.87. The van der Waals surface area contributed by atoms with Crippen LogP contribution in [0.3, 0.4) is 0 Å². The molecule has 0 saturated heterocycles. The number of thiophene rings is 1. The van der Waals surface area contributed by atoms with Gasteiger partial charge in [-0.25, -0.2) is 14.6 Å². The Balaban J connectivity index is 1.23. The predicted molar refractivity (Wildman–Crippen MR) is 201 cm³/mol. The first-order chi connectivity index (χ1) is 24.7. The highest BCUT2D eigenvalue weighted by atomic mass is 35.5. The first-order valence-electron chi connectivity index (χ1n) is 16.8. The van der Waals surface area contributed by atoms with E-state index in [0.29, 0.717) is 16.7 Å². The van der Waals surface area contributed by atoms with Crippen LogP contribution in [0.25, 0.3) is 33.0 Å². The molecule has 0 fully saturated rings. The highest BCUT2D eigenvalue weighted by Crippen LogP contribution is 2.46. The van der Waals surface area contributed by atoms with E-state index in [0.717, 1.165) is 68.9 Å². The SMILES string of the molecule is CCCCc1nc2cccnc2n1Cc1ccc(-c2cc(Cl)sc2-c2nnnn2C(c2ccccc2)(c2ccccc2)c2ccccc2)cc1. The van der Waals surface area contributed by atoms with Crippen molar-refractivity contribution in [2.75, 3.05) is 0 Å². The molecule has 4 heterocycles. The predicted octanol–water partition coefficient (Wildman–Crippen LogP) is 9.70. The third-order valence-electron chi connectivity index (χ3n) is 9.21. The normalized spacial score (nSPS) is 11.7.